The highest BCUT2D eigenvalue weighted by molar-refractivity contribution is 7.21. The molecule has 132 valence electrons. The second-order valence-corrected chi connectivity index (χ2v) is 7.08. The highest BCUT2D eigenvalue weighted by Crippen LogP contribution is 2.31. The van der Waals surface area contributed by atoms with Gasteiger partial charge in [0.2, 0.25) is 0 Å². The lowest BCUT2D eigenvalue weighted by atomic mass is 10.1. The molecular formula is C19H22N2O3S. The zero-order chi connectivity index (χ0) is 18.0. The van der Waals surface area contributed by atoms with E-state index in [4.69, 9.17) is 4.42 Å². The van der Waals surface area contributed by atoms with E-state index in [9.17, 15) is 9.59 Å². The van der Waals surface area contributed by atoms with E-state index in [1.807, 2.05) is 19.1 Å². The van der Waals surface area contributed by atoms with Crippen molar-refractivity contribution >= 4 is 38.3 Å². The number of carbonyl (C=O) groups is 1. The summed E-state index contributed by atoms with van der Waals surface area (Å²) in [6.07, 6.45) is 0. The molecule has 3 aromatic rings. The summed E-state index contributed by atoms with van der Waals surface area (Å²) >= 11 is 1.34. The molecule has 0 saturated heterocycles. The molecule has 0 spiro atoms. The van der Waals surface area contributed by atoms with Crippen molar-refractivity contribution in [3.63, 3.8) is 0 Å². The second-order valence-electron chi connectivity index (χ2n) is 6.03. The van der Waals surface area contributed by atoms with Gasteiger partial charge >= 0.3 is 5.63 Å². The van der Waals surface area contributed by atoms with Crippen LogP contribution in [0.1, 0.15) is 29.1 Å². The molecule has 1 N–H and O–H groups in total. The van der Waals surface area contributed by atoms with Gasteiger partial charge in [-0.15, -0.1) is 11.3 Å². The van der Waals surface area contributed by atoms with E-state index in [2.05, 4.69) is 24.1 Å². The van der Waals surface area contributed by atoms with Gasteiger partial charge in [-0.2, -0.15) is 0 Å². The first-order chi connectivity index (χ1) is 12.0. The van der Waals surface area contributed by atoms with E-state index in [0.29, 0.717) is 22.4 Å². The number of amides is 1. The van der Waals surface area contributed by atoms with E-state index >= 15 is 0 Å². The molecule has 1 aromatic carbocycles. The van der Waals surface area contributed by atoms with Crippen LogP contribution < -0.4 is 10.9 Å². The van der Waals surface area contributed by atoms with Crippen LogP contribution in [0.25, 0.3) is 21.1 Å². The van der Waals surface area contributed by atoms with Crippen LogP contribution in [-0.4, -0.2) is 37.0 Å². The fourth-order valence-corrected chi connectivity index (χ4v) is 3.96. The van der Waals surface area contributed by atoms with Crippen LogP contribution in [-0.2, 0) is 0 Å². The maximum atomic E-state index is 12.4. The smallest absolute Gasteiger partial charge is 0.345 e. The van der Waals surface area contributed by atoms with E-state index in [-0.39, 0.29) is 5.91 Å². The fraction of sp³-hybridized carbons (Fsp3) is 0.368. The van der Waals surface area contributed by atoms with Gasteiger partial charge in [-0.05, 0) is 38.2 Å². The van der Waals surface area contributed by atoms with Gasteiger partial charge in [0.05, 0.1) is 15.0 Å². The number of hydrogen-bond donors (Lipinski definition) is 1. The first-order valence-electron chi connectivity index (χ1n) is 8.51. The molecule has 0 aliphatic heterocycles. The van der Waals surface area contributed by atoms with Crippen molar-refractivity contribution < 1.29 is 9.21 Å². The lowest BCUT2D eigenvalue weighted by molar-refractivity contribution is 0.0953. The molecule has 0 bridgehead atoms. The van der Waals surface area contributed by atoms with Gasteiger partial charge in [0.1, 0.15) is 5.58 Å². The van der Waals surface area contributed by atoms with Crippen molar-refractivity contribution in [1.82, 2.24) is 10.2 Å². The number of rotatable bonds is 6. The predicted molar refractivity (Wildman–Crippen MR) is 103 cm³/mol. The molecule has 2 aromatic heterocycles. The summed E-state index contributed by atoms with van der Waals surface area (Å²) in [5, 5.41) is 4.28. The van der Waals surface area contributed by atoms with E-state index in [1.165, 1.54) is 11.3 Å². The van der Waals surface area contributed by atoms with Gasteiger partial charge in [0.15, 0.2) is 0 Å². The molecule has 2 heterocycles. The average Bonchev–Trinajstić information content (AvgIpc) is 3.06. The number of nitrogens with one attached hydrogen (secondary N) is 1. The van der Waals surface area contributed by atoms with Gasteiger partial charge < -0.3 is 14.6 Å². The third-order valence-electron chi connectivity index (χ3n) is 4.37. The normalized spacial score (nSPS) is 11.5. The van der Waals surface area contributed by atoms with Crippen LogP contribution in [0.5, 0.6) is 0 Å². The molecule has 1 amide bonds. The first kappa shape index (κ1) is 17.6. The number of thiophene rings is 1. The average molecular weight is 358 g/mol. The topological polar surface area (TPSA) is 62.6 Å². The maximum absolute atomic E-state index is 12.4. The molecule has 0 unspecified atom stereocenters. The van der Waals surface area contributed by atoms with Gasteiger partial charge in [-0.3, -0.25) is 4.79 Å². The molecule has 5 nitrogen and oxygen atoms in total. The van der Waals surface area contributed by atoms with Crippen LogP contribution in [0.4, 0.5) is 0 Å². The van der Waals surface area contributed by atoms with E-state index in [1.54, 1.807) is 12.1 Å². The maximum Gasteiger partial charge on any atom is 0.345 e. The summed E-state index contributed by atoms with van der Waals surface area (Å²) < 4.78 is 6.19. The van der Waals surface area contributed by atoms with Crippen LogP contribution in [0.2, 0.25) is 0 Å². The standard InChI is InChI=1S/C19H22N2O3S/c1-4-21(5-2)9-8-20-18(22)16-11-14-17(25-16)13-10-12(3)6-7-15(13)24-19(14)23/h6-7,10-11H,4-5,8-9H2,1-3H3,(H,20,22). The minimum absolute atomic E-state index is 0.145. The highest BCUT2D eigenvalue weighted by atomic mass is 32.1. The van der Waals surface area contributed by atoms with Crippen molar-refractivity contribution in [3.05, 3.63) is 45.1 Å². The summed E-state index contributed by atoms with van der Waals surface area (Å²) in [4.78, 5) is 27.4. The number of nitrogens with zero attached hydrogens (tertiary/aromatic N) is 1. The number of fused-ring (bicyclic) bond motifs is 3. The van der Waals surface area contributed by atoms with Gasteiger partial charge in [-0.25, -0.2) is 4.79 Å². The Morgan fingerprint density at radius 2 is 1.96 bits per heavy atom. The Kier molecular flexibility index (Phi) is 5.20. The van der Waals surface area contributed by atoms with Crippen molar-refractivity contribution in [2.45, 2.75) is 20.8 Å². The van der Waals surface area contributed by atoms with Crippen molar-refractivity contribution in [2.24, 2.45) is 0 Å². The van der Waals surface area contributed by atoms with Gasteiger partial charge in [-0.1, -0.05) is 25.5 Å². The monoisotopic (exact) mass is 358 g/mol. The number of hydrogen-bond acceptors (Lipinski definition) is 5. The van der Waals surface area contributed by atoms with E-state index in [0.717, 1.165) is 35.3 Å². The van der Waals surface area contributed by atoms with Crippen LogP contribution in [0.3, 0.4) is 0 Å². The zero-order valence-corrected chi connectivity index (χ0v) is 15.5. The third kappa shape index (κ3) is 3.60. The Morgan fingerprint density at radius 3 is 2.68 bits per heavy atom. The number of likely N-dealkylation sites (N-methyl/N-ethyl adjacent to an activating group) is 1. The van der Waals surface area contributed by atoms with Crippen molar-refractivity contribution in [2.75, 3.05) is 26.2 Å². The van der Waals surface area contributed by atoms with Crippen LogP contribution in [0.15, 0.2) is 33.5 Å². The minimum Gasteiger partial charge on any atom is -0.422 e. The summed E-state index contributed by atoms with van der Waals surface area (Å²) in [7, 11) is 0. The summed E-state index contributed by atoms with van der Waals surface area (Å²) in [5.74, 6) is -0.145. The lowest BCUT2D eigenvalue weighted by Crippen LogP contribution is -2.34. The second kappa shape index (κ2) is 7.37. The fourth-order valence-electron chi connectivity index (χ4n) is 2.87. The quantitative estimate of drug-likeness (QED) is 0.686. The van der Waals surface area contributed by atoms with E-state index < -0.39 is 5.63 Å². The molecule has 0 saturated carbocycles. The predicted octanol–water partition coefficient (Wildman–Crippen LogP) is 3.39. The number of carbonyl (C=O) groups excluding carboxylic acids is 1. The van der Waals surface area contributed by atoms with Gasteiger partial charge in [0.25, 0.3) is 5.91 Å². The first-order valence-corrected chi connectivity index (χ1v) is 9.32. The van der Waals surface area contributed by atoms with Gasteiger partial charge in [0, 0.05) is 18.5 Å². The molecule has 0 fully saturated rings. The molecule has 0 radical (unpaired) electrons. The molecule has 0 aliphatic rings. The largest absolute Gasteiger partial charge is 0.422 e. The molecular weight excluding hydrogens is 336 g/mol. The number of aryl methyl sites for hydroxylation is 1. The highest BCUT2D eigenvalue weighted by Gasteiger charge is 2.16. The minimum atomic E-state index is -0.398. The van der Waals surface area contributed by atoms with Crippen LogP contribution in [0, 0.1) is 6.92 Å². The lowest BCUT2D eigenvalue weighted by Gasteiger charge is -2.17. The van der Waals surface area contributed by atoms with Crippen molar-refractivity contribution in [3.8, 4) is 0 Å². The molecule has 0 aliphatic carbocycles. The zero-order valence-electron chi connectivity index (χ0n) is 14.7. The summed E-state index contributed by atoms with van der Waals surface area (Å²) in [5.41, 5.74) is 1.24. The third-order valence-corrected chi connectivity index (χ3v) is 5.53. The number of benzene rings is 1. The summed E-state index contributed by atoms with van der Waals surface area (Å²) in [6, 6.07) is 7.33. The van der Waals surface area contributed by atoms with Crippen molar-refractivity contribution in [1.29, 1.82) is 0 Å². The Labute approximate surface area is 150 Å². The van der Waals surface area contributed by atoms with Crippen LogP contribution >= 0.6 is 11.3 Å². The molecule has 3 rings (SSSR count). The molecule has 25 heavy (non-hydrogen) atoms. The Hall–Kier alpha value is -2.18. The molecule has 6 heteroatoms. The Balaban J connectivity index is 1.89. The molecule has 0 atom stereocenters. The Bertz CT molecular complexity index is 970. The summed E-state index contributed by atoms with van der Waals surface area (Å²) in [6.45, 7) is 9.51. The Morgan fingerprint density at radius 1 is 1.20 bits per heavy atom. The SMILES string of the molecule is CCN(CC)CCNC(=O)c1cc2c(=O)oc3ccc(C)cc3c2s1.